The van der Waals surface area contributed by atoms with Crippen molar-refractivity contribution in [3.8, 4) is 0 Å². The molecule has 0 aromatic rings. The zero-order valence-corrected chi connectivity index (χ0v) is 9.18. The van der Waals surface area contributed by atoms with Crippen LogP contribution in [0.2, 0.25) is 5.21 Å². The van der Waals surface area contributed by atoms with Crippen molar-refractivity contribution >= 4 is 21.7 Å². The highest BCUT2D eigenvalue weighted by molar-refractivity contribution is 6.50. The highest BCUT2D eigenvalue weighted by atomic mass is 16.6. The summed E-state index contributed by atoms with van der Waals surface area (Å²) in [5.41, 5.74) is -0.455. The lowest BCUT2D eigenvalue weighted by molar-refractivity contribution is -0.156. The van der Waals surface area contributed by atoms with Gasteiger partial charge in [-0.25, -0.2) is 0 Å². The van der Waals surface area contributed by atoms with Crippen LogP contribution in [0, 0.1) is 0 Å². The first-order valence-electron chi connectivity index (χ1n) is 4.53. The number of rotatable bonds is 3. The molecule has 0 bridgehead atoms. The molecular weight excluding hydrogens is 166 g/mol. The minimum Gasteiger partial charge on any atom is -0.461 e. The maximum atomic E-state index is 11.5. The lowest BCUT2D eigenvalue weighted by atomic mass is 9.53. The van der Waals surface area contributed by atoms with Crippen LogP contribution in [0.15, 0.2) is 0 Å². The molecule has 0 aromatic heterocycles. The van der Waals surface area contributed by atoms with Crippen molar-refractivity contribution in [1.82, 2.24) is 0 Å². The molecule has 0 rings (SSSR count). The minimum absolute atomic E-state index is 0.00619. The van der Waals surface area contributed by atoms with Gasteiger partial charge in [-0.1, -0.05) is 0 Å². The van der Waals surface area contributed by atoms with Gasteiger partial charge in [-0.05, 0) is 27.2 Å². The van der Waals surface area contributed by atoms with Crippen LogP contribution in [-0.4, -0.2) is 39.0 Å². The maximum absolute atomic E-state index is 11.5. The van der Waals surface area contributed by atoms with Gasteiger partial charge in [-0.2, -0.15) is 0 Å². The Morgan fingerprint density at radius 3 is 2.15 bits per heavy atom. The van der Waals surface area contributed by atoms with Crippen molar-refractivity contribution in [2.45, 2.75) is 38.0 Å². The molecule has 0 heterocycles. The Morgan fingerprint density at radius 2 is 1.85 bits per heavy atom. The summed E-state index contributed by atoms with van der Waals surface area (Å²) in [5.74, 6) is -0.256. The minimum atomic E-state index is -0.595. The van der Waals surface area contributed by atoms with Gasteiger partial charge in [0, 0.05) is 11.8 Å². The molecule has 0 aliphatic rings. The van der Waals surface area contributed by atoms with Gasteiger partial charge in [0.25, 0.3) is 5.97 Å². The quantitative estimate of drug-likeness (QED) is 0.456. The summed E-state index contributed by atoms with van der Waals surface area (Å²) in [6.07, 6.45) is 0.432. The zero-order chi connectivity index (χ0) is 10.7. The summed E-state index contributed by atoms with van der Waals surface area (Å²) in [5, 5.41) is 8.15. The molecule has 0 aliphatic heterocycles. The SMILES string of the molecule is BC(B)(CCO)C(=O)OC(C)(C)C. The van der Waals surface area contributed by atoms with E-state index in [2.05, 4.69) is 0 Å². The molecule has 0 aliphatic carbocycles. The number of ether oxygens (including phenoxy) is 1. The fraction of sp³-hybridized carbons (Fsp3) is 0.875. The van der Waals surface area contributed by atoms with E-state index in [0.29, 0.717) is 6.42 Å². The van der Waals surface area contributed by atoms with Crippen molar-refractivity contribution in [2.24, 2.45) is 0 Å². The zero-order valence-electron chi connectivity index (χ0n) is 9.18. The second kappa shape index (κ2) is 4.18. The number of hydrogen-bond acceptors (Lipinski definition) is 3. The lowest BCUT2D eigenvalue weighted by Crippen LogP contribution is -2.34. The third kappa shape index (κ3) is 4.98. The fourth-order valence-corrected chi connectivity index (χ4v) is 0.798. The Labute approximate surface area is 81.7 Å². The van der Waals surface area contributed by atoms with Crippen LogP contribution < -0.4 is 0 Å². The van der Waals surface area contributed by atoms with Gasteiger partial charge in [0.1, 0.15) is 21.3 Å². The van der Waals surface area contributed by atoms with Gasteiger partial charge in [-0.3, -0.25) is 4.79 Å². The molecule has 0 spiro atoms. The van der Waals surface area contributed by atoms with E-state index in [0.717, 1.165) is 0 Å². The van der Waals surface area contributed by atoms with Crippen LogP contribution in [0.4, 0.5) is 0 Å². The number of aliphatic hydroxyl groups excluding tert-OH is 1. The summed E-state index contributed by atoms with van der Waals surface area (Å²) >= 11 is 0. The van der Waals surface area contributed by atoms with Gasteiger partial charge in [0.15, 0.2) is 0 Å². The monoisotopic (exact) mass is 184 g/mol. The van der Waals surface area contributed by atoms with E-state index in [9.17, 15) is 4.79 Å². The van der Waals surface area contributed by atoms with Crippen molar-refractivity contribution < 1.29 is 14.6 Å². The molecule has 0 atom stereocenters. The number of aliphatic hydroxyl groups is 1. The summed E-state index contributed by atoms with van der Waals surface area (Å²) in [6.45, 7) is 5.51. The van der Waals surface area contributed by atoms with Crippen molar-refractivity contribution in [3.63, 3.8) is 0 Å². The van der Waals surface area contributed by atoms with E-state index in [1.165, 1.54) is 0 Å². The fourth-order valence-electron chi connectivity index (χ4n) is 0.798. The third-order valence-electron chi connectivity index (χ3n) is 1.69. The number of esters is 1. The lowest BCUT2D eigenvalue weighted by Gasteiger charge is -2.28. The van der Waals surface area contributed by atoms with Gasteiger partial charge < -0.3 is 9.84 Å². The Kier molecular flexibility index (Phi) is 4.04. The van der Waals surface area contributed by atoms with Crippen LogP contribution in [0.25, 0.3) is 0 Å². The molecule has 0 unspecified atom stereocenters. The number of hydrogen-bond donors (Lipinski definition) is 1. The topological polar surface area (TPSA) is 46.5 Å². The largest absolute Gasteiger partial charge is 0.461 e. The molecule has 0 fully saturated rings. The van der Waals surface area contributed by atoms with E-state index >= 15 is 0 Å². The second-order valence-corrected chi connectivity index (χ2v) is 4.86. The average molecular weight is 184 g/mol. The van der Waals surface area contributed by atoms with Crippen LogP contribution in [0.3, 0.4) is 0 Å². The molecular formula is C8H18B2O3. The van der Waals surface area contributed by atoms with Crippen molar-refractivity contribution in [2.75, 3.05) is 6.61 Å². The van der Waals surface area contributed by atoms with Crippen molar-refractivity contribution in [3.05, 3.63) is 0 Å². The summed E-state index contributed by atoms with van der Waals surface area (Å²) in [4.78, 5) is 11.5. The average Bonchev–Trinajstić information content (AvgIpc) is 1.82. The van der Waals surface area contributed by atoms with Gasteiger partial charge in [-0.15, -0.1) is 0 Å². The van der Waals surface area contributed by atoms with Gasteiger partial charge >= 0.3 is 0 Å². The molecule has 0 saturated heterocycles. The Hall–Kier alpha value is -0.440. The molecule has 0 saturated carbocycles. The van der Waals surface area contributed by atoms with E-state index in [-0.39, 0.29) is 12.6 Å². The molecule has 5 heteroatoms. The second-order valence-electron chi connectivity index (χ2n) is 4.86. The first kappa shape index (κ1) is 12.6. The van der Waals surface area contributed by atoms with Crippen LogP contribution in [0.1, 0.15) is 27.2 Å². The standard InChI is InChI=1S/C8H18B2O3/c1-7(2,3)13-6(12)8(9,10)4-5-11/h11H,4-5,9-10H2,1-3H3. The highest BCUT2D eigenvalue weighted by Crippen LogP contribution is 2.25. The van der Waals surface area contributed by atoms with E-state index in [4.69, 9.17) is 9.84 Å². The Bertz CT molecular complexity index is 184. The van der Waals surface area contributed by atoms with Crippen molar-refractivity contribution in [1.29, 1.82) is 0 Å². The smallest absolute Gasteiger partial charge is 0.296 e. The van der Waals surface area contributed by atoms with E-state index in [1.807, 2.05) is 20.8 Å². The maximum Gasteiger partial charge on any atom is 0.296 e. The van der Waals surface area contributed by atoms with E-state index < -0.39 is 10.8 Å². The molecule has 13 heavy (non-hydrogen) atoms. The molecule has 74 valence electrons. The van der Waals surface area contributed by atoms with Crippen LogP contribution >= 0.6 is 0 Å². The normalized spacial score (nSPS) is 12.6. The highest BCUT2D eigenvalue weighted by Gasteiger charge is 2.31. The van der Waals surface area contributed by atoms with Crippen LogP contribution in [0.5, 0.6) is 0 Å². The third-order valence-corrected chi connectivity index (χ3v) is 1.69. The van der Waals surface area contributed by atoms with E-state index in [1.54, 1.807) is 15.7 Å². The van der Waals surface area contributed by atoms with Crippen LogP contribution in [-0.2, 0) is 9.53 Å². The first-order chi connectivity index (χ1) is 5.69. The first-order valence-corrected chi connectivity index (χ1v) is 4.53. The predicted octanol–water partition coefficient (Wildman–Crippen LogP) is -0.907. The summed E-state index contributed by atoms with van der Waals surface area (Å²) in [6, 6.07) is 0. The molecule has 0 radical (unpaired) electrons. The Balaban J connectivity index is 4.25. The summed E-state index contributed by atoms with van der Waals surface area (Å²) < 4.78 is 5.20. The number of carbonyl (C=O) groups is 1. The molecule has 0 aromatic carbocycles. The molecule has 3 nitrogen and oxygen atoms in total. The predicted molar refractivity (Wildman–Crippen MR) is 57.3 cm³/mol. The Morgan fingerprint density at radius 1 is 1.38 bits per heavy atom. The number of carbonyl (C=O) groups excluding carboxylic acids is 1. The summed E-state index contributed by atoms with van der Waals surface area (Å²) in [7, 11) is 3.55. The molecule has 1 N–H and O–H groups in total. The molecule has 0 amide bonds. The van der Waals surface area contributed by atoms with Gasteiger partial charge in [0.05, 0.1) is 0 Å². The van der Waals surface area contributed by atoms with Gasteiger partial charge in [0.2, 0.25) is 0 Å².